The van der Waals surface area contributed by atoms with Crippen molar-refractivity contribution in [2.45, 2.75) is 13.0 Å². The fraction of sp³-hybridized carbons (Fsp3) is 0.143. The van der Waals surface area contributed by atoms with Crippen LogP contribution in [0.15, 0.2) is 43.1 Å². The average Bonchev–Trinajstić information content (AvgIpc) is 2.46. The Morgan fingerprint density at radius 2 is 2.24 bits per heavy atom. The van der Waals surface area contributed by atoms with E-state index >= 15 is 0 Å². The van der Waals surface area contributed by atoms with Crippen LogP contribution in [0.1, 0.15) is 11.4 Å². The smallest absolute Gasteiger partial charge is 0.269 e. The van der Waals surface area contributed by atoms with Crippen LogP contribution < -0.4 is 10.5 Å². The van der Waals surface area contributed by atoms with Crippen molar-refractivity contribution in [2.75, 3.05) is 5.73 Å². The van der Waals surface area contributed by atoms with Crippen LogP contribution in [-0.4, -0.2) is 14.9 Å². The molecular weight excluding hydrogens is 272 g/mol. The second-order valence-corrected chi connectivity index (χ2v) is 4.23. The second-order valence-electron chi connectivity index (χ2n) is 4.23. The van der Waals surface area contributed by atoms with Crippen molar-refractivity contribution in [3.05, 3.63) is 64.6 Å². The molecular formula is C14H14N4O3. The maximum atomic E-state index is 10.8. The lowest BCUT2D eigenvalue weighted by Crippen LogP contribution is -2.04. The fourth-order valence-electron chi connectivity index (χ4n) is 1.76. The summed E-state index contributed by atoms with van der Waals surface area (Å²) in [6.07, 6.45) is 3.67. The number of benzene rings is 1. The number of rotatable bonds is 6. The molecule has 2 aromatic rings. The first kappa shape index (κ1) is 14.4. The van der Waals surface area contributed by atoms with Crippen molar-refractivity contribution in [2.24, 2.45) is 0 Å². The van der Waals surface area contributed by atoms with Crippen LogP contribution in [0.4, 0.5) is 11.5 Å². The standard InChI is InChI=1S/C14H14N4O3/c1-2-3-10-8-11(18(19)20)4-5-12(10)21-9-14-16-7-6-13(15)17-14/h2,4-8H,1,3,9H2,(H2,15,16,17). The Hall–Kier alpha value is -2.96. The lowest BCUT2D eigenvalue weighted by molar-refractivity contribution is -0.384. The van der Waals surface area contributed by atoms with Crippen molar-refractivity contribution < 1.29 is 9.66 Å². The molecule has 0 aliphatic carbocycles. The number of ether oxygens (including phenoxy) is 1. The van der Waals surface area contributed by atoms with Crippen LogP contribution in [0, 0.1) is 10.1 Å². The normalized spacial score (nSPS) is 10.1. The molecule has 0 fully saturated rings. The number of nitro benzene ring substituents is 1. The highest BCUT2D eigenvalue weighted by molar-refractivity contribution is 5.44. The highest BCUT2D eigenvalue weighted by Gasteiger charge is 2.11. The predicted octanol–water partition coefficient (Wildman–Crippen LogP) is 2.27. The topological polar surface area (TPSA) is 104 Å². The lowest BCUT2D eigenvalue weighted by Gasteiger charge is -2.09. The van der Waals surface area contributed by atoms with Crippen LogP contribution >= 0.6 is 0 Å². The summed E-state index contributed by atoms with van der Waals surface area (Å²) in [5, 5.41) is 10.8. The molecule has 0 saturated carbocycles. The largest absolute Gasteiger partial charge is 0.485 e. The van der Waals surface area contributed by atoms with Crippen molar-refractivity contribution in [3.63, 3.8) is 0 Å². The number of non-ortho nitro benzene ring substituents is 1. The zero-order valence-corrected chi connectivity index (χ0v) is 11.2. The van der Waals surface area contributed by atoms with Crippen LogP contribution in [0.3, 0.4) is 0 Å². The second kappa shape index (κ2) is 6.47. The third-order valence-corrected chi connectivity index (χ3v) is 2.70. The van der Waals surface area contributed by atoms with Crippen molar-refractivity contribution in [3.8, 4) is 5.75 Å². The number of nitrogens with two attached hydrogens (primary N) is 1. The van der Waals surface area contributed by atoms with Crippen molar-refractivity contribution in [1.29, 1.82) is 0 Å². The van der Waals surface area contributed by atoms with Crippen molar-refractivity contribution >= 4 is 11.5 Å². The van der Waals surface area contributed by atoms with Gasteiger partial charge in [0.15, 0.2) is 5.82 Å². The molecule has 0 aliphatic rings. The van der Waals surface area contributed by atoms with Gasteiger partial charge in [-0.1, -0.05) is 6.08 Å². The first-order valence-corrected chi connectivity index (χ1v) is 6.18. The lowest BCUT2D eigenvalue weighted by atomic mass is 10.1. The highest BCUT2D eigenvalue weighted by atomic mass is 16.6. The fourth-order valence-corrected chi connectivity index (χ4v) is 1.76. The maximum Gasteiger partial charge on any atom is 0.269 e. The predicted molar refractivity (Wildman–Crippen MR) is 77.8 cm³/mol. The van der Waals surface area contributed by atoms with E-state index in [1.165, 1.54) is 12.1 Å². The molecule has 7 nitrogen and oxygen atoms in total. The van der Waals surface area contributed by atoms with Crippen LogP contribution in [0.5, 0.6) is 5.75 Å². The molecule has 2 rings (SSSR count). The number of nitrogens with zero attached hydrogens (tertiary/aromatic N) is 3. The van der Waals surface area contributed by atoms with E-state index in [4.69, 9.17) is 10.5 Å². The minimum atomic E-state index is -0.447. The van der Waals surface area contributed by atoms with E-state index in [0.29, 0.717) is 29.4 Å². The maximum absolute atomic E-state index is 10.8. The van der Waals surface area contributed by atoms with Gasteiger partial charge in [0, 0.05) is 23.9 Å². The summed E-state index contributed by atoms with van der Waals surface area (Å²) in [5.41, 5.74) is 6.26. The molecule has 0 saturated heterocycles. The quantitative estimate of drug-likeness (QED) is 0.496. The number of aromatic nitrogens is 2. The minimum Gasteiger partial charge on any atom is -0.485 e. The summed E-state index contributed by atoms with van der Waals surface area (Å²) < 4.78 is 5.61. The Labute approximate surface area is 121 Å². The third-order valence-electron chi connectivity index (χ3n) is 2.70. The van der Waals surface area contributed by atoms with Gasteiger partial charge in [0.2, 0.25) is 0 Å². The molecule has 0 atom stereocenters. The summed E-state index contributed by atoms with van der Waals surface area (Å²) in [5.74, 6) is 1.34. The molecule has 108 valence electrons. The Bertz CT molecular complexity index is 673. The molecule has 7 heteroatoms. The van der Waals surface area contributed by atoms with Gasteiger partial charge in [-0.25, -0.2) is 9.97 Å². The SMILES string of the molecule is C=CCc1cc([N+](=O)[O-])ccc1OCc1nccc(N)n1. The van der Waals surface area contributed by atoms with Crippen molar-refractivity contribution in [1.82, 2.24) is 9.97 Å². The zero-order chi connectivity index (χ0) is 15.2. The van der Waals surface area contributed by atoms with E-state index in [9.17, 15) is 10.1 Å². The van der Waals surface area contributed by atoms with Gasteiger partial charge in [0.05, 0.1) is 4.92 Å². The monoisotopic (exact) mass is 286 g/mol. The number of nitrogen functional groups attached to an aromatic ring is 1. The van der Waals surface area contributed by atoms with E-state index in [0.717, 1.165) is 0 Å². The van der Waals surface area contributed by atoms with Gasteiger partial charge in [-0.15, -0.1) is 6.58 Å². The highest BCUT2D eigenvalue weighted by Crippen LogP contribution is 2.25. The summed E-state index contributed by atoms with van der Waals surface area (Å²) in [4.78, 5) is 18.4. The number of hydrogen-bond donors (Lipinski definition) is 1. The third kappa shape index (κ3) is 3.75. The first-order valence-electron chi connectivity index (χ1n) is 6.18. The summed E-state index contributed by atoms with van der Waals surface area (Å²) >= 11 is 0. The molecule has 2 N–H and O–H groups in total. The number of allylic oxidation sites excluding steroid dienone is 1. The number of anilines is 1. The van der Waals surface area contributed by atoms with Gasteiger partial charge in [-0.2, -0.15) is 0 Å². The molecule has 0 spiro atoms. The van der Waals surface area contributed by atoms with E-state index in [1.807, 2.05) is 0 Å². The average molecular weight is 286 g/mol. The van der Waals surface area contributed by atoms with Gasteiger partial charge >= 0.3 is 0 Å². The Morgan fingerprint density at radius 1 is 1.43 bits per heavy atom. The molecule has 1 heterocycles. The minimum absolute atomic E-state index is 0.0133. The Morgan fingerprint density at radius 3 is 2.90 bits per heavy atom. The Kier molecular flexibility index (Phi) is 4.45. The van der Waals surface area contributed by atoms with E-state index in [-0.39, 0.29) is 12.3 Å². The van der Waals surface area contributed by atoms with E-state index < -0.39 is 4.92 Å². The van der Waals surface area contributed by atoms with Gasteiger partial charge in [0.25, 0.3) is 5.69 Å². The van der Waals surface area contributed by atoms with Gasteiger partial charge in [-0.05, 0) is 18.6 Å². The molecule has 0 aliphatic heterocycles. The van der Waals surface area contributed by atoms with Gasteiger partial charge < -0.3 is 10.5 Å². The summed E-state index contributed by atoms with van der Waals surface area (Å²) in [6, 6.07) is 6.00. The zero-order valence-electron chi connectivity index (χ0n) is 11.2. The Balaban J connectivity index is 2.18. The van der Waals surface area contributed by atoms with Gasteiger partial charge in [0.1, 0.15) is 18.2 Å². The van der Waals surface area contributed by atoms with E-state index in [1.54, 1.807) is 24.4 Å². The first-order chi connectivity index (χ1) is 10.1. The van der Waals surface area contributed by atoms with Crippen LogP contribution in [-0.2, 0) is 13.0 Å². The summed E-state index contributed by atoms with van der Waals surface area (Å²) in [6.45, 7) is 3.77. The molecule has 1 aromatic heterocycles. The summed E-state index contributed by atoms with van der Waals surface area (Å²) in [7, 11) is 0. The molecule has 0 amide bonds. The number of hydrogen-bond acceptors (Lipinski definition) is 6. The molecule has 1 aromatic carbocycles. The van der Waals surface area contributed by atoms with E-state index in [2.05, 4.69) is 16.5 Å². The molecule has 0 radical (unpaired) electrons. The molecule has 0 bridgehead atoms. The van der Waals surface area contributed by atoms with Crippen LogP contribution in [0.25, 0.3) is 0 Å². The molecule has 0 unspecified atom stereocenters. The van der Waals surface area contributed by atoms with Crippen LogP contribution in [0.2, 0.25) is 0 Å². The molecule has 21 heavy (non-hydrogen) atoms. The van der Waals surface area contributed by atoms with Gasteiger partial charge in [-0.3, -0.25) is 10.1 Å². The number of nitro groups is 1.